The van der Waals surface area contributed by atoms with Gasteiger partial charge in [-0.05, 0) is 19.1 Å². The molecule has 0 aliphatic rings. The molecule has 0 bridgehead atoms. The van der Waals surface area contributed by atoms with Crippen LogP contribution >= 0.6 is 0 Å². The van der Waals surface area contributed by atoms with Gasteiger partial charge in [-0.15, -0.1) is 0 Å². The Morgan fingerprint density at radius 1 is 1.50 bits per heavy atom. The van der Waals surface area contributed by atoms with Gasteiger partial charge in [-0.25, -0.2) is 4.79 Å². The van der Waals surface area contributed by atoms with Gasteiger partial charge in [0.05, 0.1) is 23.2 Å². The molecule has 0 radical (unpaired) electrons. The van der Waals surface area contributed by atoms with Crippen LogP contribution in [0.1, 0.15) is 26.3 Å². The quantitative estimate of drug-likeness (QED) is 0.335. The number of hydrogen-bond donors (Lipinski definition) is 0. The number of carbonyl (C=O) groups is 2. The maximum Gasteiger partial charge on any atom is 0.337 e. The third-order valence-electron chi connectivity index (χ3n) is 2.06. The van der Waals surface area contributed by atoms with Crippen molar-refractivity contribution < 1.29 is 19.2 Å². The number of aryl methyl sites for hydroxylation is 1. The summed E-state index contributed by atoms with van der Waals surface area (Å²) in [6, 6.07) is 2.46. The van der Waals surface area contributed by atoms with Gasteiger partial charge in [0.15, 0.2) is 6.29 Å². The third kappa shape index (κ3) is 2.05. The summed E-state index contributed by atoms with van der Waals surface area (Å²) in [6.07, 6.45) is 0.345. The van der Waals surface area contributed by atoms with Crippen molar-refractivity contribution in [3.05, 3.63) is 38.9 Å². The summed E-state index contributed by atoms with van der Waals surface area (Å²) < 4.78 is 4.47. The molecule has 0 atom stereocenters. The molecule has 0 spiro atoms. The number of nitro benzene ring substituents is 1. The lowest BCUT2D eigenvalue weighted by molar-refractivity contribution is -0.385. The average Bonchev–Trinajstić information content (AvgIpc) is 2.26. The van der Waals surface area contributed by atoms with Crippen LogP contribution in [-0.2, 0) is 4.74 Å². The first kappa shape index (κ1) is 11.8. The highest BCUT2D eigenvalue weighted by Gasteiger charge is 2.20. The van der Waals surface area contributed by atoms with Gasteiger partial charge in [0.25, 0.3) is 5.69 Å². The number of nitro groups is 1. The second kappa shape index (κ2) is 4.52. The van der Waals surface area contributed by atoms with E-state index in [4.69, 9.17) is 0 Å². The van der Waals surface area contributed by atoms with Gasteiger partial charge >= 0.3 is 5.97 Å². The van der Waals surface area contributed by atoms with E-state index in [0.717, 1.165) is 6.07 Å². The first-order valence-electron chi connectivity index (χ1n) is 4.33. The number of rotatable bonds is 3. The van der Waals surface area contributed by atoms with E-state index in [0.29, 0.717) is 6.29 Å². The standard InChI is InChI=1S/C10H9NO5/c1-6-3-7(10(13)16-2)4-8(5-12)9(6)11(14)15/h3-5H,1-2H3. The van der Waals surface area contributed by atoms with Crippen molar-refractivity contribution in [2.75, 3.05) is 7.11 Å². The molecule has 0 aliphatic heterocycles. The van der Waals surface area contributed by atoms with E-state index in [1.165, 1.54) is 20.1 Å². The smallest absolute Gasteiger partial charge is 0.337 e. The van der Waals surface area contributed by atoms with Crippen LogP contribution in [0.4, 0.5) is 5.69 Å². The molecule has 1 rings (SSSR count). The van der Waals surface area contributed by atoms with Crippen LogP contribution in [0.5, 0.6) is 0 Å². The Hall–Kier alpha value is -2.24. The van der Waals surface area contributed by atoms with Crippen molar-refractivity contribution in [3.8, 4) is 0 Å². The zero-order valence-electron chi connectivity index (χ0n) is 8.72. The molecule has 6 nitrogen and oxygen atoms in total. The summed E-state index contributed by atoms with van der Waals surface area (Å²) in [4.78, 5) is 31.9. The van der Waals surface area contributed by atoms with Crippen LogP contribution in [0.3, 0.4) is 0 Å². The van der Waals surface area contributed by atoms with E-state index >= 15 is 0 Å². The zero-order valence-corrected chi connectivity index (χ0v) is 8.72. The number of ether oxygens (including phenoxy) is 1. The SMILES string of the molecule is COC(=O)c1cc(C)c([N+](=O)[O-])c(C=O)c1. The van der Waals surface area contributed by atoms with Crippen LogP contribution in [0.2, 0.25) is 0 Å². The second-order valence-corrected chi connectivity index (χ2v) is 3.10. The molecule has 6 heteroatoms. The van der Waals surface area contributed by atoms with Gasteiger partial charge < -0.3 is 4.74 Å². The number of carbonyl (C=O) groups excluding carboxylic acids is 2. The maximum absolute atomic E-state index is 11.2. The third-order valence-corrected chi connectivity index (χ3v) is 2.06. The first-order valence-corrected chi connectivity index (χ1v) is 4.33. The van der Waals surface area contributed by atoms with E-state index in [-0.39, 0.29) is 22.4 Å². The first-order chi connectivity index (χ1) is 7.51. The van der Waals surface area contributed by atoms with Crippen LogP contribution < -0.4 is 0 Å². The Morgan fingerprint density at radius 2 is 2.12 bits per heavy atom. The topological polar surface area (TPSA) is 86.5 Å². The largest absolute Gasteiger partial charge is 0.465 e. The van der Waals surface area contributed by atoms with Gasteiger partial charge in [-0.3, -0.25) is 14.9 Å². The molecule has 84 valence electrons. The molecule has 0 aliphatic carbocycles. The second-order valence-electron chi connectivity index (χ2n) is 3.10. The van der Waals surface area contributed by atoms with Crippen molar-refractivity contribution in [1.82, 2.24) is 0 Å². The molecular weight excluding hydrogens is 214 g/mol. The summed E-state index contributed by atoms with van der Waals surface area (Å²) in [6.45, 7) is 1.46. The Balaban J connectivity index is 3.43. The highest BCUT2D eigenvalue weighted by Crippen LogP contribution is 2.24. The number of esters is 1. The molecule has 16 heavy (non-hydrogen) atoms. The molecule has 0 unspecified atom stereocenters. The summed E-state index contributed by atoms with van der Waals surface area (Å²) in [5.74, 6) is -0.638. The summed E-state index contributed by atoms with van der Waals surface area (Å²) >= 11 is 0. The fourth-order valence-electron chi connectivity index (χ4n) is 1.38. The normalized spacial score (nSPS) is 9.62. The van der Waals surface area contributed by atoms with E-state index in [9.17, 15) is 19.7 Å². The van der Waals surface area contributed by atoms with Gasteiger partial charge in [-0.2, -0.15) is 0 Å². The molecule has 0 heterocycles. The van der Waals surface area contributed by atoms with Gasteiger partial charge in [0, 0.05) is 5.56 Å². The Kier molecular flexibility index (Phi) is 3.34. The average molecular weight is 223 g/mol. The highest BCUT2D eigenvalue weighted by molar-refractivity contribution is 5.94. The molecule has 0 saturated carbocycles. The fourth-order valence-corrected chi connectivity index (χ4v) is 1.38. The van der Waals surface area contributed by atoms with Gasteiger partial charge in [0.2, 0.25) is 0 Å². The van der Waals surface area contributed by atoms with Crippen molar-refractivity contribution in [2.45, 2.75) is 6.92 Å². The number of nitrogens with zero attached hydrogens (tertiary/aromatic N) is 1. The monoisotopic (exact) mass is 223 g/mol. The van der Waals surface area contributed by atoms with E-state index in [1.807, 2.05) is 0 Å². The molecule has 0 N–H and O–H groups in total. The molecule has 0 amide bonds. The van der Waals surface area contributed by atoms with Crippen molar-refractivity contribution in [1.29, 1.82) is 0 Å². The summed E-state index contributed by atoms with van der Waals surface area (Å²) in [5, 5.41) is 10.7. The summed E-state index contributed by atoms with van der Waals surface area (Å²) in [5.41, 5.74) is -0.0595. The van der Waals surface area contributed by atoms with Crippen LogP contribution in [-0.4, -0.2) is 24.3 Å². The highest BCUT2D eigenvalue weighted by atomic mass is 16.6. The van der Waals surface area contributed by atoms with E-state index < -0.39 is 10.9 Å². The molecule has 0 saturated heterocycles. The van der Waals surface area contributed by atoms with Crippen molar-refractivity contribution in [3.63, 3.8) is 0 Å². The molecule has 0 fully saturated rings. The molecule has 1 aromatic carbocycles. The minimum absolute atomic E-state index is 0.118. The maximum atomic E-state index is 11.2. The predicted octanol–water partition coefficient (Wildman–Crippen LogP) is 1.50. The minimum Gasteiger partial charge on any atom is -0.465 e. The number of hydrogen-bond acceptors (Lipinski definition) is 5. The number of aldehydes is 1. The molecular formula is C10H9NO5. The van der Waals surface area contributed by atoms with Crippen LogP contribution in [0, 0.1) is 17.0 Å². The predicted molar refractivity (Wildman–Crippen MR) is 54.6 cm³/mol. The fraction of sp³-hybridized carbons (Fsp3) is 0.200. The lowest BCUT2D eigenvalue weighted by Crippen LogP contribution is -2.05. The van der Waals surface area contributed by atoms with Crippen molar-refractivity contribution in [2.24, 2.45) is 0 Å². The number of benzene rings is 1. The van der Waals surface area contributed by atoms with Crippen LogP contribution in [0.15, 0.2) is 12.1 Å². The Bertz CT molecular complexity index is 467. The Morgan fingerprint density at radius 3 is 2.56 bits per heavy atom. The molecule has 0 aromatic heterocycles. The van der Waals surface area contributed by atoms with E-state index in [2.05, 4.69) is 4.74 Å². The van der Waals surface area contributed by atoms with E-state index in [1.54, 1.807) is 0 Å². The lowest BCUT2D eigenvalue weighted by atomic mass is 10.0. The van der Waals surface area contributed by atoms with Gasteiger partial charge in [-0.1, -0.05) is 0 Å². The summed E-state index contributed by atoms with van der Waals surface area (Å²) in [7, 11) is 1.19. The van der Waals surface area contributed by atoms with Gasteiger partial charge in [0.1, 0.15) is 0 Å². The zero-order chi connectivity index (χ0) is 12.3. The van der Waals surface area contributed by atoms with Crippen LogP contribution in [0.25, 0.3) is 0 Å². The molecule has 1 aromatic rings. The minimum atomic E-state index is -0.653. The Labute approximate surface area is 91.0 Å². The number of methoxy groups -OCH3 is 1. The lowest BCUT2D eigenvalue weighted by Gasteiger charge is -2.04. The van der Waals surface area contributed by atoms with Crippen molar-refractivity contribution >= 4 is 17.9 Å².